The average Bonchev–Trinajstić information content (AvgIpc) is 2.65. The fourth-order valence-corrected chi connectivity index (χ4v) is 3.37. The molecule has 1 N–H and O–H groups in total. The maximum Gasteiger partial charge on any atom is 0.257 e. The third-order valence-corrected chi connectivity index (χ3v) is 4.97. The maximum atomic E-state index is 11.8. The average molecular weight is 332 g/mol. The van der Waals surface area contributed by atoms with E-state index in [1.54, 1.807) is 0 Å². The molecule has 24 heavy (non-hydrogen) atoms. The van der Waals surface area contributed by atoms with Crippen LogP contribution in [0, 0.1) is 0 Å². The smallest absolute Gasteiger partial charge is 0.257 e. The van der Waals surface area contributed by atoms with Gasteiger partial charge in [0.1, 0.15) is 5.75 Å². The molecule has 0 radical (unpaired) electrons. The summed E-state index contributed by atoms with van der Waals surface area (Å²) in [5.74, 6) is 1.42. The van der Waals surface area contributed by atoms with Gasteiger partial charge in [-0.25, -0.2) is 0 Å². The zero-order valence-electron chi connectivity index (χ0n) is 15.2. The number of nitrogens with zero attached hydrogens (tertiary/aromatic N) is 1. The molecule has 0 aromatic heterocycles. The first-order valence-electron chi connectivity index (χ1n) is 9.44. The minimum absolute atomic E-state index is 0.0569. The summed E-state index contributed by atoms with van der Waals surface area (Å²) >= 11 is 0. The second kappa shape index (κ2) is 10.3. The SMILES string of the molecule is CCN(CC)CCNC(=O)COc1ccc(C2CCCCC2)cc1. The van der Waals surface area contributed by atoms with Crippen LogP contribution in [-0.2, 0) is 4.79 Å². The summed E-state index contributed by atoms with van der Waals surface area (Å²) in [5.41, 5.74) is 1.41. The number of hydrogen-bond acceptors (Lipinski definition) is 3. The minimum atomic E-state index is -0.0569. The van der Waals surface area contributed by atoms with Crippen LogP contribution in [0.3, 0.4) is 0 Å². The van der Waals surface area contributed by atoms with Gasteiger partial charge in [0.15, 0.2) is 6.61 Å². The van der Waals surface area contributed by atoms with Crippen LogP contribution < -0.4 is 10.1 Å². The first-order chi connectivity index (χ1) is 11.7. The molecule has 0 saturated heterocycles. The number of nitrogens with one attached hydrogen (secondary N) is 1. The van der Waals surface area contributed by atoms with Gasteiger partial charge in [0.05, 0.1) is 0 Å². The highest BCUT2D eigenvalue weighted by molar-refractivity contribution is 5.77. The van der Waals surface area contributed by atoms with Gasteiger partial charge in [-0.2, -0.15) is 0 Å². The second-order valence-electron chi connectivity index (χ2n) is 6.57. The second-order valence-corrected chi connectivity index (χ2v) is 6.57. The molecule has 4 heteroatoms. The Balaban J connectivity index is 1.68. The van der Waals surface area contributed by atoms with Crippen LogP contribution in [0.25, 0.3) is 0 Å². The van der Waals surface area contributed by atoms with Gasteiger partial charge in [0.25, 0.3) is 5.91 Å². The summed E-state index contributed by atoms with van der Waals surface area (Å²) in [6, 6.07) is 8.30. The van der Waals surface area contributed by atoms with Crippen LogP contribution in [0.5, 0.6) is 5.75 Å². The van der Waals surface area contributed by atoms with Crippen molar-refractivity contribution in [3.63, 3.8) is 0 Å². The third kappa shape index (κ3) is 6.16. The lowest BCUT2D eigenvalue weighted by Gasteiger charge is -2.22. The number of ether oxygens (including phenoxy) is 1. The molecule has 0 heterocycles. The van der Waals surface area contributed by atoms with Gasteiger partial charge in [0.2, 0.25) is 0 Å². The van der Waals surface area contributed by atoms with E-state index >= 15 is 0 Å². The molecule has 0 aliphatic heterocycles. The molecule has 1 saturated carbocycles. The molecule has 1 amide bonds. The standard InChI is InChI=1S/C20H32N2O2/c1-3-22(4-2)15-14-21-20(23)16-24-19-12-10-18(11-13-19)17-8-6-5-7-9-17/h10-13,17H,3-9,14-16H2,1-2H3,(H,21,23). The van der Waals surface area contributed by atoms with Crippen LogP contribution >= 0.6 is 0 Å². The Kier molecular flexibility index (Phi) is 8.10. The molecule has 4 nitrogen and oxygen atoms in total. The highest BCUT2D eigenvalue weighted by Crippen LogP contribution is 2.33. The van der Waals surface area contributed by atoms with E-state index in [2.05, 4.69) is 36.2 Å². The highest BCUT2D eigenvalue weighted by atomic mass is 16.5. The van der Waals surface area contributed by atoms with Gasteiger partial charge in [-0.3, -0.25) is 4.79 Å². The van der Waals surface area contributed by atoms with Crippen molar-refractivity contribution in [3.05, 3.63) is 29.8 Å². The van der Waals surface area contributed by atoms with E-state index < -0.39 is 0 Å². The molecule has 0 atom stereocenters. The lowest BCUT2D eigenvalue weighted by Crippen LogP contribution is -2.36. The van der Waals surface area contributed by atoms with Crippen LogP contribution in [0.2, 0.25) is 0 Å². The molecular formula is C20H32N2O2. The largest absolute Gasteiger partial charge is 0.484 e. The van der Waals surface area contributed by atoms with Crippen LogP contribution in [0.15, 0.2) is 24.3 Å². The van der Waals surface area contributed by atoms with Crippen molar-refractivity contribution >= 4 is 5.91 Å². The molecule has 0 spiro atoms. The predicted octanol–water partition coefficient (Wildman–Crippen LogP) is 3.57. The Morgan fingerprint density at radius 1 is 1.12 bits per heavy atom. The molecule has 0 unspecified atom stereocenters. The molecule has 1 aliphatic carbocycles. The number of likely N-dealkylation sites (N-methyl/N-ethyl adjacent to an activating group) is 1. The quantitative estimate of drug-likeness (QED) is 0.751. The van der Waals surface area contributed by atoms with Crippen molar-refractivity contribution in [2.24, 2.45) is 0 Å². The topological polar surface area (TPSA) is 41.6 Å². The molecule has 2 rings (SSSR count). The van der Waals surface area contributed by atoms with E-state index in [-0.39, 0.29) is 12.5 Å². The number of hydrogen-bond donors (Lipinski definition) is 1. The van der Waals surface area contributed by atoms with Crippen molar-refractivity contribution in [2.75, 3.05) is 32.8 Å². The van der Waals surface area contributed by atoms with E-state index in [0.717, 1.165) is 25.4 Å². The van der Waals surface area contributed by atoms with Gasteiger partial charge in [0, 0.05) is 13.1 Å². The summed E-state index contributed by atoms with van der Waals surface area (Å²) in [6.45, 7) is 7.92. The Bertz CT molecular complexity index is 477. The summed E-state index contributed by atoms with van der Waals surface area (Å²) in [7, 11) is 0. The van der Waals surface area contributed by atoms with Gasteiger partial charge in [-0.05, 0) is 49.5 Å². The van der Waals surface area contributed by atoms with E-state index in [0.29, 0.717) is 12.5 Å². The van der Waals surface area contributed by atoms with Crippen LogP contribution in [0.4, 0.5) is 0 Å². The molecule has 1 aliphatic rings. The fourth-order valence-electron chi connectivity index (χ4n) is 3.37. The lowest BCUT2D eigenvalue weighted by atomic mass is 9.84. The fraction of sp³-hybridized carbons (Fsp3) is 0.650. The lowest BCUT2D eigenvalue weighted by molar-refractivity contribution is -0.123. The Labute approximate surface area is 146 Å². The summed E-state index contributed by atoms with van der Waals surface area (Å²) in [5, 5.41) is 2.91. The first-order valence-corrected chi connectivity index (χ1v) is 9.44. The minimum Gasteiger partial charge on any atom is -0.484 e. The van der Waals surface area contributed by atoms with Gasteiger partial charge < -0.3 is 15.0 Å². The van der Waals surface area contributed by atoms with Crippen molar-refractivity contribution in [2.45, 2.75) is 51.9 Å². The van der Waals surface area contributed by atoms with Crippen molar-refractivity contribution in [3.8, 4) is 5.75 Å². The Hall–Kier alpha value is -1.55. The molecule has 1 fully saturated rings. The van der Waals surface area contributed by atoms with E-state index in [4.69, 9.17) is 4.74 Å². The molecule has 1 aromatic rings. The summed E-state index contributed by atoms with van der Waals surface area (Å²) in [6.07, 6.45) is 6.67. The number of carbonyl (C=O) groups excluding carboxylic acids is 1. The normalized spacial score (nSPS) is 15.5. The van der Waals surface area contributed by atoms with E-state index in [9.17, 15) is 4.79 Å². The van der Waals surface area contributed by atoms with Crippen molar-refractivity contribution in [1.82, 2.24) is 10.2 Å². The molecule has 1 aromatic carbocycles. The first kappa shape index (κ1) is 18.8. The maximum absolute atomic E-state index is 11.8. The number of carbonyl (C=O) groups is 1. The van der Waals surface area contributed by atoms with Gasteiger partial charge in [-0.15, -0.1) is 0 Å². The van der Waals surface area contributed by atoms with Crippen molar-refractivity contribution < 1.29 is 9.53 Å². The molecule has 134 valence electrons. The third-order valence-electron chi connectivity index (χ3n) is 4.97. The van der Waals surface area contributed by atoms with Gasteiger partial charge >= 0.3 is 0 Å². The zero-order chi connectivity index (χ0) is 17.2. The number of benzene rings is 1. The Morgan fingerprint density at radius 3 is 2.42 bits per heavy atom. The molecular weight excluding hydrogens is 300 g/mol. The van der Waals surface area contributed by atoms with Crippen LogP contribution in [-0.4, -0.2) is 43.6 Å². The number of amides is 1. The Morgan fingerprint density at radius 2 is 1.79 bits per heavy atom. The summed E-state index contributed by atoms with van der Waals surface area (Å²) < 4.78 is 5.59. The predicted molar refractivity (Wildman–Crippen MR) is 98.6 cm³/mol. The van der Waals surface area contributed by atoms with E-state index in [1.807, 2.05) is 12.1 Å². The van der Waals surface area contributed by atoms with Gasteiger partial charge in [-0.1, -0.05) is 45.2 Å². The summed E-state index contributed by atoms with van der Waals surface area (Å²) in [4.78, 5) is 14.1. The zero-order valence-corrected chi connectivity index (χ0v) is 15.2. The monoisotopic (exact) mass is 332 g/mol. The van der Waals surface area contributed by atoms with Crippen LogP contribution in [0.1, 0.15) is 57.4 Å². The number of rotatable bonds is 9. The molecule has 0 bridgehead atoms. The van der Waals surface area contributed by atoms with E-state index in [1.165, 1.54) is 37.7 Å². The van der Waals surface area contributed by atoms with Crippen molar-refractivity contribution in [1.29, 1.82) is 0 Å². The highest BCUT2D eigenvalue weighted by Gasteiger charge is 2.15.